The molecule has 0 saturated carbocycles. The van der Waals surface area contributed by atoms with Gasteiger partial charge >= 0.3 is 0 Å². The van der Waals surface area contributed by atoms with Crippen LogP contribution < -0.4 is 5.32 Å². The Bertz CT molecular complexity index is 132. The second-order valence-corrected chi connectivity index (χ2v) is 3.49. The van der Waals surface area contributed by atoms with Crippen LogP contribution in [0.4, 0.5) is 0 Å². The van der Waals surface area contributed by atoms with Gasteiger partial charge in [0.25, 0.3) is 0 Å². The topological polar surface area (TPSA) is 15.3 Å². The van der Waals surface area contributed by atoms with E-state index in [0.29, 0.717) is 0 Å². The van der Waals surface area contributed by atoms with E-state index < -0.39 is 0 Å². The molecule has 0 amide bonds. The van der Waals surface area contributed by atoms with Crippen molar-refractivity contribution in [3.8, 4) is 0 Å². The number of hydrogen-bond acceptors (Lipinski definition) is 2. The van der Waals surface area contributed by atoms with Crippen LogP contribution in [-0.4, -0.2) is 37.6 Å². The maximum Gasteiger partial charge on any atom is 0.0223 e. The molecule has 1 aliphatic rings. The fraction of sp³-hybridized carbons (Fsp3) is 0.800. The first-order chi connectivity index (χ1) is 5.88. The maximum absolute atomic E-state index is 3.79. The summed E-state index contributed by atoms with van der Waals surface area (Å²) in [6.07, 6.45) is 6.09. The third-order valence-electron chi connectivity index (χ3n) is 2.55. The summed E-state index contributed by atoms with van der Waals surface area (Å²) in [7, 11) is 2.03. The first-order valence-corrected chi connectivity index (χ1v) is 4.88. The van der Waals surface area contributed by atoms with Gasteiger partial charge in [-0.05, 0) is 26.4 Å². The van der Waals surface area contributed by atoms with Crippen molar-refractivity contribution >= 4 is 0 Å². The lowest BCUT2D eigenvalue weighted by Crippen LogP contribution is -2.44. The number of rotatable bonds is 4. The van der Waals surface area contributed by atoms with Crippen LogP contribution in [-0.2, 0) is 0 Å². The summed E-state index contributed by atoms with van der Waals surface area (Å²) in [5.74, 6) is 0. The monoisotopic (exact) mass is 168 g/mol. The van der Waals surface area contributed by atoms with Crippen molar-refractivity contribution in [2.75, 3.05) is 26.7 Å². The highest BCUT2D eigenvalue weighted by Crippen LogP contribution is 2.15. The molecule has 0 aromatic rings. The minimum Gasteiger partial charge on any atom is -0.318 e. The molecule has 1 aliphatic heterocycles. The number of nitrogens with zero attached hydrogens (tertiary/aromatic N) is 1. The number of piperidine rings is 1. The van der Waals surface area contributed by atoms with E-state index in [2.05, 4.69) is 16.8 Å². The fourth-order valence-electron chi connectivity index (χ4n) is 1.93. The highest BCUT2D eigenvalue weighted by Gasteiger charge is 2.19. The van der Waals surface area contributed by atoms with Gasteiger partial charge in [-0.2, -0.15) is 0 Å². The molecule has 0 bridgehead atoms. The minimum atomic E-state index is 0.738. The van der Waals surface area contributed by atoms with E-state index in [9.17, 15) is 0 Å². The summed E-state index contributed by atoms with van der Waals surface area (Å²) in [6.45, 7) is 7.20. The van der Waals surface area contributed by atoms with Gasteiger partial charge in [0.05, 0.1) is 0 Å². The van der Waals surface area contributed by atoms with Crippen LogP contribution in [0.25, 0.3) is 0 Å². The maximum atomic E-state index is 3.79. The lowest BCUT2D eigenvalue weighted by molar-refractivity contribution is 0.164. The molecule has 1 fully saturated rings. The Morgan fingerprint density at radius 2 is 2.42 bits per heavy atom. The molecule has 12 heavy (non-hydrogen) atoms. The Morgan fingerprint density at radius 1 is 1.58 bits per heavy atom. The Kier molecular flexibility index (Phi) is 4.33. The van der Waals surface area contributed by atoms with Crippen LogP contribution in [0.3, 0.4) is 0 Å². The second-order valence-electron chi connectivity index (χ2n) is 3.49. The predicted octanol–water partition coefficient (Wildman–Crippen LogP) is 1.25. The number of hydrogen-bond donors (Lipinski definition) is 1. The zero-order chi connectivity index (χ0) is 8.81. The van der Waals surface area contributed by atoms with Gasteiger partial charge in [-0.15, -0.1) is 6.58 Å². The van der Waals surface area contributed by atoms with Crippen molar-refractivity contribution < 1.29 is 0 Å². The zero-order valence-corrected chi connectivity index (χ0v) is 8.05. The van der Waals surface area contributed by atoms with Gasteiger partial charge < -0.3 is 5.32 Å². The van der Waals surface area contributed by atoms with Gasteiger partial charge in [0.15, 0.2) is 0 Å². The molecule has 0 aromatic heterocycles. The normalized spacial score (nSPS) is 25.6. The summed E-state index contributed by atoms with van der Waals surface area (Å²) in [5, 5.41) is 3.25. The minimum absolute atomic E-state index is 0.738. The molecule has 0 aliphatic carbocycles. The molecule has 1 saturated heterocycles. The summed E-state index contributed by atoms with van der Waals surface area (Å²) in [5.41, 5.74) is 0. The van der Waals surface area contributed by atoms with Crippen molar-refractivity contribution in [3.05, 3.63) is 12.7 Å². The first-order valence-electron chi connectivity index (χ1n) is 4.88. The molecule has 0 unspecified atom stereocenters. The van der Waals surface area contributed by atoms with E-state index in [-0.39, 0.29) is 0 Å². The summed E-state index contributed by atoms with van der Waals surface area (Å²) >= 11 is 0. The molecule has 0 spiro atoms. The van der Waals surface area contributed by atoms with Crippen LogP contribution in [0.5, 0.6) is 0 Å². The average molecular weight is 168 g/mol. The average Bonchev–Trinajstić information content (AvgIpc) is 2.09. The van der Waals surface area contributed by atoms with Gasteiger partial charge in [-0.3, -0.25) is 4.90 Å². The Labute approximate surface area is 75.6 Å². The van der Waals surface area contributed by atoms with Crippen molar-refractivity contribution in [3.63, 3.8) is 0 Å². The van der Waals surface area contributed by atoms with E-state index in [0.717, 1.165) is 19.1 Å². The third-order valence-corrected chi connectivity index (χ3v) is 2.55. The van der Waals surface area contributed by atoms with Crippen molar-refractivity contribution in [2.24, 2.45) is 0 Å². The smallest absolute Gasteiger partial charge is 0.0223 e. The van der Waals surface area contributed by atoms with Crippen molar-refractivity contribution in [1.29, 1.82) is 0 Å². The van der Waals surface area contributed by atoms with Crippen LogP contribution in [0.1, 0.15) is 19.3 Å². The number of likely N-dealkylation sites (tertiary alicyclic amines) is 1. The Balaban J connectivity index is 2.36. The third kappa shape index (κ3) is 2.61. The van der Waals surface area contributed by atoms with Crippen LogP contribution in [0.2, 0.25) is 0 Å². The standard InChI is InChI=1S/C10H20N2/c1-3-7-12-8-5-4-6-10(12)9-11-2/h3,10-11H,1,4-9H2,2H3/t10-/m0/s1. The Morgan fingerprint density at radius 3 is 3.08 bits per heavy atom. The second kappa shape index (κ2) is 5.33. The molecule has 0 radical (unpaired) electrons. The van der Waals surface area contributed by atoms with Gasteiger partial charge in [0.2, 0.25) is 0 Å². The van der Waals surface area contributed by atoms with E-state index in [1.54, 1.807) is 0 Å². The lowest BCUT2D eigenvalue weighted by Gasteiger charge is -2.34. The molecule has 1 heterocycles. The fourth-order valence-corrected chi connectivity index (χ4v) is 1.93. The van der Waals surface area contributed by atoms with Gasteiger partial charge in [-0.25, -0.2) is 0 Å². The lowest BCUT2D eigenvalue weighted by atomic mass is 10.0. The molecular formula is C10H20N2. The van der Waals surface area contributed by atoms with E-state index in [1.807, 2.05) is 13.1 Å². The summed E-state index contributed by atoms with van der Waals surface area (Å²) < 4.78 is 0. The van der Waals surface area contributed by atoms with Gasteiger partial charge in [-0.1, -0.05) is 12.5 Å². The van der Waals surface area contributed by atoms with E-state index >= 15 is 0 Å². The van der Waals surface area contributed by atoms with E-state index in [1.165, 1.54) is 25.8 Å². The first kappa shape index (κ1) is 9.75. The van der Waals surface area contributed by atoms with Crippen molar-refractivity contribution in [1.82, 2.24) is 10.2 Å². The molecular weight excluding hydrogens is 148 g/mol. The summed E-state index contributed by atoms with van der Waals surface area (Å²) in [4.78, 5) is 2.52. The molecule has 1 N–H and O–H groups in total. The predicted molar refractivity (Wildman–Crippen MR) is 53.3 cm³/mol. The van der Waals surface area contributed by atoms with E-state index in [4.69, 9.17) is 0 Å². The van der Waals surface area contributed by atoms with Gasteiger partial charge in [0, 0.05) is 19.1 Å². The molecule has 2 nitrogen and oxygen atoms in total. The molecule has 0 aromatic carbocycles. The SMILES string of the molecule is C=CCN1CCCC[C@H]1CNC. The number of likely N-dealkylation sites (N-methyl/N-ethyl adjacent to an activating group) is 1. The zero-order valence-electron chi connectivity index (χ0n) is 8.05. The summed E-state index contributed by atoms with van der Waals surface area (Å²) in [6, 6.07) is 0.738. The van der Waals surface area contributed by atoms with Crippen LogP contribution in [0, 0.1) is 0 Å². The number of nitrogens with one attached hydrogen (secondary N) is 1. The molecule has 1 atom stereocenters. The van der Waals surface area contributed by atoms with Crippen LogP contribution >= 0.6 is 0 Å². The van der Waals surface area contributed by atoms with Crippen LogP contribution in [0.15, 0.2) is 12.7 Å². The largest absolute Gasteiger partial charge is 0.318 e. The highest BCUT2D eigenvalue weighted by atomic mass is 15.2. The molecule has 2 heteroatoms. The quantitative estimate of drug-likeness (QED) is 0.635. The molecule has 70 valence electrons. The van der Waals surface area contributed by atoms with Gasteiger partial charge in [0.1, 0.15) is 0 Å². The van der Waals surface area contributed by atoms with Crippen molar-refractivity contribution in [2.45, 2.75) is 25.3 Å². The molecule has 1 rings (SSSR count). The highest BCUT2D eigenvalue weighted by molar-refractivity contribution is 4.83. The Hall–Kier alpha value is -0.340.